The predicted molar refractivity (Wildman–Crippen MR) is 91.5 cm³/mol. The van der Waals surface area contributed by atoms with Crippen molar-refractivity contribution in [3.63, 3.8) is 0 Å². The Hall–Kier alpha value is -1.54. The van der Waals surface area contributed by atoms with Crippen LogP contribution in [0.15, 0.2) is 0 Å². The predicted octanol–water partition coefficient (Wildman–Crippen LogP) is 0.749. The lowest BCUT2D eigenvalue weighted by Crippen LogP contribution is -2.42. The number of nitrogens with zero attached hydrogens (tertiary/aromatic N) is 5. The van der Waals surface area contributed by atoms with E-state index in [1.165, 1.54) is 11.5 Å². The summed E-state index contributed by atoms with van der Waals surface area (Å²) in [6.45, 7) is 5.36. The van der Waals surface area contributed by atoms with E-state index >= 15 is 0 Å². The molecule has 8 heteroatoms. The zero-order chi connectivity index (χ0) is 17.3. The number of hydrogen-bond acceptors (Lipinski definition) is 6. The van der Waals surface area contributed by atoms with E-state index in [0.29, 0.717) is 13.0 Å². The van der Waals surface area contributed by atoms with Crippen LogP contribution in [0.2, 0.25) is 0 Å². The number of amides is 2. The molecule has 0 bridgehead atoms. The molecule has 2 amide bonds. The molecule has 2 aliphatic heterocycles. The average molecular weight is 351 g/mol. The zero-order valence-electron chi connectivity index (χ0n) is 14.6. The molecule has 3 rings (SSSR count). The Morgan fingerprint density at radius 2 is 2.08 bits per heavy atom. The first-order chi connectivity index (χ1) is 11.4. The second-order valence-corrected chi connectivity index (χ2v) is 8.10. The van der Waals surface area contributed by atoms with Gasteiger partial charge < -0.3 is 14.7 Å². The lowest BCUT2D eigenvalue weighted by molar-refractivity contribution is -0.137. The molecule has 0 aliphatic carbocycles. The summed E-state index contributed by atoms with van der Waals surface area (Å²) >= 11 is 1.32. The van der Waals surface area contributed by atoms with Crippen molar-refractivity contribution in [1.29, 1.82) is 0 Å². The molecule has 132 valence electrons. The minimum Gasteiger partial charge on any atom is -0.339 e. The van der Waals surface area contributed by atoms with E-state index < -0.39 is 0 Å². The molecular formula is C16H25N5O2S. The summed E-state index contributed by atoms with van der Waals surface area (Å²) in [6, 6.07) is 0. The van der Waals surface area contributed by atoms with Crippen LogP contribution in [-0.4, -0.2) is 76.4 Å². The summed E-state index contributed by atoms with van der Waals surface area (Å²) in [5.74, 6) is 0.0954. The molecule has 0 radical (unpaired) electrons. The summed E-state index contributed by atoms with van der Waals surface area (Å²) in [4.78, 5) is 31.6. The van der Waals surface area contributed by atoms with Crippen molar-refractivity contribution in [2.75, 3.05) is 40.3 Å². The van der Waals surface area contributed by atoms with Gasteiger partial charge in [0.15, 0.2) is 0 Å². The van der Waals surface area contributed by atoms with Gasteiger partial charge in [0.1, 0.15) is 0 Å². The van der Waals surface area contributed by atoms with Crippen LogP contribution in [0, 0.1) is 12.3 Å². The topological polar surface area (TPSA) is 69.6 Å². The van der Waals surface area contributed by atoms with Crippen LogP contribution in [-0.2, 0) is 16.1 Å². The summed E-state index contributed by atoms with van der Waals surface area (Å²) in [5, 5.41) is 3.97. The maximum absolute atomic E-state index is 12.5. The molecule has 0 atom stereocenters. The molecule has 2 saturated heterocycles. The van der Waals surface area contributed by atoms with Gasteiger partial charge in [0.25, 0.3) is 0 Å². The minimum absolute atomic E-state index is 0.0267. The van der Waals surface area contributed by atoms with Gasteiger partial charge >= 0.3 is 0 Å². The quantitative estimate of drug-likeness (QED) is 0.801. The van der Waals surface area contributed by atoms with Gasteiger partial charge in [-0.25, -0.2) is 0 Å². The fourth-order valence-corrected chi connectivity index (χ4v) is 4.22. The number of aromatic nitrogens is 2. The van der Waals surface area contributed by atoms with Crippen molar-refractivity contribution in [2.45, 2.75) is 32.7 Å². The summed E-state index contributed by atoms with van der Waals surface area (Å²) < 4.78 is 3.90. The molecule has 2 aliphatic rings. The van der Waals surface area contributed by atoms with Gasteiger partial charge in [0.05, 0.1) is 23.7 Å². The third-order valence-corrected chi connectivity index (χ3v) is 6.14. The molecule has 1 aromatic heterocycles. The molecular weight excluding hydrogens is 326 g/mol. The maximum atomic E-state index is 12.5. The highest BCUT2D eigenvalue weighted by Gasteiger charge is 2.44. The first kappa shape index (κ1) is 17.3. The number of carbonyl (C=O) groups is 2. The second kappa shape index (κ2) is 6.76. The third-order valence-electron chi connectivity index (χ3n) is 5.33. The van der Waals surface area contributed by atoms with Crippen LogP contribution in [0.25, 0.3) is 0 Å². The van der Waals surface area contributed by atoms with Crippen molar-refractivity contribution >= 4 is 23.3 Å². The van der Waals surface area contributed by atoms with Crippen LogP contribution in [0.1, 0.15) is 29.8 Å². The van der Waals surface area contributed by atoms with Crippen LogP contribution >= 0.6 is 11.5 Å². The Morgan fingerprint density at radius 3 is 2.71 bits per heavy atom. The highest BCUT2D eigenvalue weighted by Crippen LogP contribution is 2.40. The normalized spacial score (nSPS) is 20.8. The van der Waals surface area contributed by atoms with E-state index in [1.807, 2.05) is 6.92 Å². The highest BCUT2D eigenvalue weighted by molar-refractivity contribution is 7.05. The van der Waals surface area contributed by atoms with Gasteiger partial charge in [0.2, 0.25) is 11.8 Å². The molecule has 1 aromatic rings. The molecule has 0 aromatic carbocycles. The second-order valence-electron chi connectivity index (χ2n) is 7.26. The first-order valence-electron chi connectivity index (χ1n) is 8.37. The third kappa shape index (κ3) is 3.59. The molecule has 1 spiro atoms. The van der Waals surface area contributed by atoms with E-state index in [4.69, 9.17) is 0 Å². The van der Waals surface area contributed by atoms with Gasteiger partial charge in [-0.1, -0.05) is 4.49 Å². The van der Waals surface area contributed by atoms with Gasteiger partial charge in [0, 0.05) is 20.0 Å². The SMILES string of the molecule is Cc1nnsc1CN(C)C(=O)CN1CC2(CCN(C)CC2)CC1=O. The number of rotatable bonds is 4. The van der Waals surface area contributed by atoms with Gasteiger partial charge in [-0.05, 0) is 56.9 Å². The highest BCUT2D eigenvalue weighted by atomic mass is 32.1. The fourth-order valence-electron chi connectivity index (χ4n) is 3.54. The standard InChI is InChI=1S/C16H25N5O2S/c1-12-13(24-18-17-12)9-20(3)15(23)10-21-11-16(8-14(21)22)4-6-19(2)7-5-16/h4-11H2,1-3H3. The monoisotopic (exact) mass is 351 g/mol. The van der Waals surface area contributed by atoms with E-state index in [0.717, 1.165) is 43.0 Å². The molecule has 0 unspecified atom stereocenters. The van der Waals surface area contributed by atoms with Gasteiger partial charge in [-0.3, -0.25) is 9.59 Å². The fraction of sp³-hybridized carbons (Fsp3) is 0.750. The van der Waals surface area contributed by atoms with E-state index in [-0.39, 0.29) is 23.8 Å². The van der Waals surface area contributed by atoms with Crippen molar-refractivity contribution in [3.05, 3.63) is 10.6 Å². The molecule has 0 saturated carbocycles. The smallest absolute Gasteiger partial charge is 0.242 e. The minimum atomic E-state index is -0.0267. The number of carbonyl (C=O) groups excluding carboxylic acids is 2. The number of likely N-dealkylation sites (tertiary alicyclic amines) is 2. The Balaban J connectivity index is 1.56. The van der Waals surface area contributed by atoms with Crippen molar-refractivity contribution in [2.24, 2.45) is 5.41 Å². The number of hydrogen-bond donors (Lipinski definition) is 0. The summed E-state index contributed by atoms with van der Waals surface area (Å²) in [5.41, 5.74) is 0.947. The van der Waals surface area contributed by atoms with Crippen LogP contribution in [0.5, 0.6) is 0 Å². The lowest BCUT2D eigenvalue weighted by Gasteiger charge is -2.37. The summed E-state index contributed by atoms with van der Waals surface area (Å²) in [7, 11) is 3.89. The van der Waals surface area contributed by atoms with Crippen LogP contribution in [0.3, 0.4) is 0 Å². The van der Waals surface area contributed by atoms with Crippen LogP contribution < -0.4 is 0 Å². The molecule has 3 heterocycles. The summed E-state index contributed by atoms with van der Waals surface area (Å²) in [6.07, 6.45) is 2.68. The van der Waals surface area contributed by atoms with E-state index in [1.54, 1.807) is 16.8 Å². The Kier molecular flexibility index (Phi) is 4.87. The number of piperidine rings is 1. The largest absolute Gasteiger partial charge is 0.339 e. The molecule has 2 fully saturated rings. The molecule has 7 nitrogen and oxygen atoms in total. The maximum Gasteiger partial charge on any atom is 0.242 e. The zero-order valence-corrected chi connectivity index (χ0v) is 15.4. The molecule has 24 heavy (non-hydrogen) atoms. The van der Waals surface area contributed by atoms with E-state index in [9.17, 15) is 9.59 Å². The Morgan fingerprint density at radius 1 is 1.38 bits per heavy atom. The van der Waals surface area contributed by atoms with Crippen LogP contribution in [0.4, 0.5) is 0 Å². The van der Waals surface area contributed by atoms with Crippen molar-refractivity contribution < 1.29 is 9.59 Å². The van der Waals surface area contributed by atoms with E-state index in [2.05, 4.69) is 21.5 Å². The van der Waals surface area contributed by atoms with Crippen molar-refractivity contribution in [1.82, 2.24) is 24.3 Å². The van der Waals surface area contributed by atoms with Gasteiger partial charge in [-0.2, -0.15) is 0 Å². The first-order valence-corrected chi connectivity index (χ1v) is 9.14. The lowest BCUT2D eigenvalue weighted by atomic mass is 9.78. The number of likely N-dealkylation sites (N-methyl/N-ethyl adjacent to an activating group) is 1. The Labute approximate surface area is 146 Å². The average Bonchev–Trinajstić information content (AvgIpc) is 3.07. The molecule has 0 N–H and O–H groups in total. The Bertz CT molecular complexity index is 624. The number of aryl methyl sites for hydroxylation is 1. The van der Waals surface area contributed by atoms with Gasteiger partial charge in [-0.15, -0.1) is 5.10 Å². The van der Waals surface area contributed by atoms with Crippen molar-refractivity contribution in [3.8, 4) is 0 Å².